The molecule has 0 aliphatic heterocycles. The SMILES string of the molecule is CCCCOCC(O)CNCCc1ccsc1. The van der Waals surface area contributed by atoms with Gasteiger partial charge in [-0.2, -0.15) is 11.3 Å². The quantitative estimate of drug-likeness (QED) is 0.630. The highest BCUT2D eigenvalue weighted by Gasteiger charge is 2.03. The van der Waals surface area contributed by atoms with Crippen molar-refractivity contribution in [2.45, 2.75) is 32.3 Å². The molecule has 3 nitrogen and oxygen atoms in total. The van der Waals surface area contributed by atoms with E-state index in [1.54, 1.807) is 11.3 Å². The van der Waals surface area contributed by atoms with Crippen LogP contribution in [0, 0.1) is 0 Å². The maximum absolute atomic E-state index is 9.62. The Balaban J connectivity index is 1.91. The lowest BCUT2D eigenvalue weighted by atomic mass is 10.2. The van der Waals surface area contributed by atoms with E-state index in [0.29, 0.717) is 13.2 Å². The first kappa shape index (κ1) is 14.6. The maximum atomic E-state index is 9.62. The molecule has 98 valence electrons. The molecular formula is C13H23NO2S. The van der Waals surface area contributed by atoms with Gasteiger partial charge in [0, 0.05) is 13.2 Å². The number of thiophene rings is 1. The van der Waals surface area contributed by atoms with Crippen molar-refractivity contribution in [1.29, 1.82) is 0 Å². The monoisotopic (exact) mass is 257 g/mol. The van der Waals surface area contributed by atoms with Crippen molar-refractivity contribution in [1.82, 2.24) is 5.32 Å². The van der Waals surface area contributed by atoms with Crippen LogP contribution >= 0.6 is 11.3 Å². The molecule has 0 spiro atoms. The molecule has 0 saturated carbocycles. The lowest BCUT2D eigenvalue weighted by Gasteiger charge is -2.12. The van der Waals surface area contributed by atoms with Gasteiger partial charge in [-0.1, -0.05) is 13.3 Å². The van der Waals surface area contributed by atoms with E-state index in [4.69, 9.17) is 4.74 Å². The fourth-order valence-corrected chi connectivity index (χ4v) is 2.16. The van der Waals surface area contributed by atoms with Crippen LogP contribution in [0.5, 0.6) is 0 Å². The van der Waals surface area contributed by atoms with Gasteiger partial charge in [0.2, 0.25) is 0 Å². The third-order valence-corrected chi connectivity index (χ3v) is 3.24. The predicted octanol–water partition coefficient (Wildman–Crippen LogP) is 2.06. The average molecular weight is 257 g/mol. The van der Waals surface area contributed by atoms with Crippen LogP contribution in [0.15, 0.2) is 16.8 Å². The third kappa shape index (κ3) is 7.49. The normalized spacial score (nSPS) is 12.8. The molecule has 1 rings (SSSR count). The Kier molecular flexibility index (Phi) is 8.26. The molecule has 1 aromatic rings. The Bertz CT molecular complexity index is 264. The summed E-state index contributed by atoms with van der Waals surface area (Å²) in [6, 6.07) is 2.14. The Labute approximate surface area is 108 Å². The first-order valence-electron chi connectivity index (χ1n) is 6.30. The number of aliphatic hydroxyl groups excluding tert-OH is 1. The highest BCUT2D eigenvalue weighted by molar-refractivity contribution is 7.07. The van der Waals surface area contributed by atoms with Gasteiger partial charge in [-0.25, -0.2) is 0 Å². The van der Waals surface area contributed by atoms with Gasteiger partial charge in [-0.3, -0.25) is 0 Å². The van der Waals surface area contributed by atoms with E-state index in [1.165, 1.54) is 5.56 Å². The number of rotatable bonds is 10. The zero-order valence-electron chi connectivity index (χ0n) is 10.5. The molecule has 1 unspecified atom stereocenters. The van der Waals surface area contributed by atoms with Crippen molar-refractivity contribution in [2.24, 2.45) is 0 Å². The van der Waals surface area contributed by atoms with E-state index < -0.39 is 6.10 Å². The summed E-state index contributed by atoms with van der Waals surface area (Å²) in [5, 5.41) is 17.1. The first-order valence-corrected chi connectivity index (χ1v) is 7.24. The van der Waals surface area contributed by atoms with E-state index in [9.17, 15) is 5.11 Å². The van der Waals surface area contributed by atoms with Gasteiger partial charge in [0.05, 0.1) is 12.7 Å². The molecule has 4 heteroatoms. The molecule has 1 atom stereocenters. The molecule has 0 bridgehead atoms. The summed E-state index contributed by atoms with van der Waals surface area (Å²) in [6.45, 7) is 4.83. The number of hydrogen-bond donors (Lipinski definition) is 2. The van der Waals surface area contributed by atoms with Gasteiger partial charge in [0.15, 0.2) is 0 Å². The van der Waals surface area contributed by atoms with Gasteiger partial charge < -0.3 is 15.2 Å². The zero-order chi connectivity index (χ0) is 12.3. The summed E-state index contributed by atoms with van der Waals surface area (Å²) in [5.74, 6) is 0. The molecule has 0 radical (unpaired) electrons. The molecule has 0 aliphatic rings. The van der Waals surface area contributed by atoms with Gasteiger partial charge >= 0.3 is 0 Å². The molecule has 1 aromatic heterocycles. The largest absolute Gasteiger partial charge is 0.389 e. The number of nitrogens with one attached hydrogen (secondary N) is 1. The highest BCUT2D eigenvalue weighted by atomic mass is 32.1. The summed E-state index contributed by atoms with van der Waals surface area (Å²) >= 11 is 1.72. The van der Waals surface area contributed by atoms with Crippen LogP contribution < -0.4 is 5.32 Å². The molecule has 0 aliphatic carbocycles. The van der Waals surface area contributed by atoms with Crippen LogP contribution in [0.4, 0.5) is 0 Å². The van der Waals surface area contributed by atoms with Gasteiger partial charge in [-0.05, 0) is 41.8 Å². The van der Waals surface area contributed by atoms with E-state index in [1.807, 2.05) is 0 Å². The molecule has 0 aromatic carbocycles. The maximum Gasteiger partial charge on any atom is 0.0897 e. The number of hydrogen-bond acceptors (Lipinski definition) is 4. The Morgan fingerprint density at radius 3 is 3.12 bits per heavy atom. The second-order valence-electron chi connectivity index (χ2n) is 4.17. The summed E-state index contributed by atoms with van der Waals surface area (Å²) in [6.07, 6.45) is 2.83. The van der Waals surface area contributed by atoms with E-state index in [-0.39, 0.29) is 0 Å². The second kappa shape index (κ2) is 9.59. The molecular weight excluding hydrogens is 234 g/mol. The Hall–Kier alpha value is -0.420. The van der Waals surface area contributed by atoms with Gasteiger partial charge in [0.25, 0.3) is 0 Å². The Morgan fingerprint density at radius 2 is 2.41 bits per heavy atom. The van der Waals surface area contributed by atoms with E-state index >= 15 is 0 Å². The molecule has 0 fully saturated rings. The first-order chi connectivity index (χ1) is 8.33. The van der Waals surface area contributed by atoms with Crippen LogP contribution in [0.2, 0.25) is 0 Å². The Morgan fingerprint density at radius 1 is 1.53 bits per heavy atom. The van der Waals surface area contributed by atoms with Crippen LogP contribution in [0.3, 0.4) is 0 Å². The molecule has 0 amide bonds. The lowest BCUT2D eigenvalue weighted by Crippen LogP contribution is -2.31. The van der Waals surface area contributed by atoms with Crippen LogP contribution in [-0.4, -0.2) is 37.5 Å². The van der Waals surface area contributed by atoms with Crippen molar-refractivity contribution in [3.63, 3.8) is 0 Å². The number of ether oxygens (including phenoxy) is 1. The summed E-state index contributed by atoms with van der Waals surface area (Å²) in [5.41, 5.74) is 1.36. The highest BCUT2D eigenvalue weighted by Crippen LogP contribution is 2.05. The van der Waals surface area contributed by atoms with Crippen LogP contribution in [0.25, 0.3) is 0 Å². The molecule has 17 heavy (non-hydrogen) atoms. The fraction of sp³-hybridized carbons (Fsp3) is 0.692. The lowest BCUT2D eigenvalue weighted by molar-refractivity contribution is 0.0361. The van der Waals surface area contributed by atoms with Gasteiger partial charge in [0.1, 0.15) is 0 Å². The van der Waals surface area contributed by atoms with Crippen molar-refractivity contribution in [3.05, 3.63) is 22.4 Å². The van der Waals surface area contributed by atoms with Crippen LogP contribution in [-0.2, 0) is 11.2 Å². The topological polar surface area (TPSA) is 41.5 Å². The van der Waals surface area contributed by atoms with Crippen molar-refractivity contribution in [3.8, 4) is 0 Å². The molecule has 0 saturated heterocycles. The van der Waals surface area contributed by atoms with E-state index in [2.05, 4.69) is 29.1 Å². The summed E-state index contributed by atoms with van der Waals surface area (Å²) in [4.78, 5) is 0. The second-order valence-corrected chi connectivity index (χ2v) is 4.95. The summed E-state index contributed by atoms with van der Waals surface area (Å²) in [7, 11) is 0. The van der Waals surface area contributed by atoms with Crippen molar-refractivity contribution >= 4 is 11.3 Å². The predicted molar refractivity (Wildman–Crippen MR) is 72.6 cm³/mol. The number of unbranched alkanes of at least 4 members (excludes halogenated alkanes) is 1. The van der Waals surface area contributed by atoms with Gasteiger partial charge in [-0.15, -0.1) is 0 Å². The van der Waals surface area contributed by atoms with E-state index in [0.717, 1.165) is 32.4 Å². The van der Waals surface area contributed by atoms with Crippen molar-refractivity contribution in [2.75, 3.05) is 26.3 Å². The number of aliphatic hydroxyl groups is 1. The minimum atomic E-state index is -0.394. The van der Waals surface area contributed by atoms with Crippen molar-refractivity contribution < 1.29 is 9.84 Å². The minimum absolute atomic E-state index is 0.394. The minimum Gasteiger partial charge on any atom is -0.389 e. The molecule has 2 N–H and O–H groups in total. The fourth-order valence-electron chi connectivity index (χ4n) is 1.46. The summed E-state index contributed by atoms with van der Waals surface area (Å²) < 4.78 is 5.35. The average Bonchev–Trinajstić information content (AvgIpc) is 2.83. The standard InChI is InChI=1S/C13H23NO2S/c1-2-3-7-16-10-13(15)9-14-6-4-12-5-8-17-11-12/h5,8,11,13-15H,2-4,6-7,9-10H2,1H3. The van der Waals surface area contributed by atoms with Crippen LogP contribution in [0.1, 0.15) is 25.3 Å². The molecule has 1 heterocycles. The third-order valence-electron chi connectivity index (χ3n) is 2.50. The zero-order valence-corrected chi connectivity index (χ0v) is 11.3. The smallest absolute Gasteiger partial charge is 0.0897 e.